The minimum Gasteiger partial charge on any atom is -0.501 e. The second-order valence-electron chi connectivity index (χ2n) is 19.2. The van der Waals surface area contributed by atoms with Gasteiger partial charge in [0.15, 0.2) is 0 Å². The van der Waals surface area contributed by atoms with E-state index in [4.69, 9.17) is 13.8 Å². The Bertz CT molecular complexity index is 3750. The number of aromatic nitrogens is 3. The third-order valence-corrected chi connectivity index (χ3v) is 13.1. The Hall–Kier alpha value is -7.11. The molecule has 0 aliphatic rings. The Morgan fingerprint density at radius 2 is 1.24 bits per heavy atom. The average Bonchev–Trinajstić information content (AvgIpc) is 4.04. The number of rotatable bonds is 6. The van der Waals surface area contributed by atoms with E-state index in [0.717, 1.165) is 82.9 Å². The Labute approximate surface area is 410 Å². The van der Waals surface area contributed by atoms with E-state index in [2.05, 4.69) is 185 Å². The molecule has 0 atom stereocenters. The van der Waals surface area contributed by atoms with Gasteiger partial charge in [-0.25, -0.2) is 0 Å². The van der Waals surface area contributed by atoms with Crippen molar-refractivity contribution in [1.29, 1.82) is 0 Å². The molecule has 0 aliphatic carbocycles. The van der Waals surface area contributed by atoms with E-state index in [-0.39, 0.29) is 37.4 Å². The van der Waals surface area contributed by atoms with Crippen LogP contribution in [0.5, 0.6) is 0 Å². The summed E-state index contributed by atoms with van der Waals surface area (Å²) in [6, 6.07) is 63.8. The minimum absolute atomic E-state index is 0. The summed E-state index contributed by atoms with van der Waals surface area (Å²) in [5.41, 5.74) is 15.8. The average molecular weight is 1060 g/mol. The summed E-state index contributed by atoms with van der Waals surface area (Å²) in [4.78, 5) is 9.93. The Morgan fingerprint density at radius 3 is 1.93 bits per heavy atom. The second-order valence-corrected chi connectivity index (χ2v) is 19.2. The SMILES string of the molecule is CC(C)(C)c1ccc(-c2[c-]cccc2)nc1.CC(C)c1cc(-c2ccccc2)cc(C(C)C)c1-n1c(-c2[c-]ccc3c2oc2cc4c(cc23)oc2ccccc24)nc2ccc3ccccc3c21.[Ir]. The first-order valence-electron chi connectivity index (χ1n) is 23.3. The molecule has 0 aliphatic heterocycles. The monoisotopic (exact) mass is 1060 g/mol. The van der Waals surface area contributed by atoms with Crippen molar-refractivity contribution in [2.75, 3.05) is 0 Å². The van der Waals surface area contributed by atoms with Gasteiger partial charge in [0, 0.05) is 53.5 Å². The van der Waals surface area contributed by atoms with Gasteiger partial charge < -0.3 is 18.4 Å². The molecule has 12 aromatic rings. The van der Waals surface area contributed by atoms with E-state index < -0.39 is 0 Å². The molecule has 337 valence electrons. The number of imidazole rings is 1. The smallest absolute Gasteiger partial charge is 0.136 e. The number of pyridine rings is 1. The molecule has 6 heteroatoms. The topological polar surface area (TPSA) is 57.0 Å². The molecule has 0 saturated carbocycles. The fourth-order valence-electron chi connectivity index (χ4n) is 9.51. The number of hydrogen-bond acceptors (Lipinski definition) is 4. The van der Waals surface area contributed by atoms with Gasteiger partial charge in [-0.1, -0.05) is 150 Å². The molecule has 0 saturated heterocycles. The number of hydrogen-bond donors (Lipinski definition) is 0. The van der Waals surface area contributed by atoms with Crippen LogP contribution in [0.15, 0.2) is 179 Å². The molecule has 0 spiro atoms. The molecule has 0 unspecified atom stereocenters. The maximum atomic E-state index is 6.84. The van der Waals surface area contributed by atoms with Gasteiger partial charge in [-0.3, -0.25) is 4.98 Å². The van der Waals surface area contributed by atoms with Crippen molar-refractivity contribution in [3.63, 3.8) is 0 Å². The zero-order chi connectivity index (χ0) is 46.0. The van der Waals surface area contributed by atoms with E-state index >= 15 is 0 Å². The Kier molecular flexibility index (Phi) is 11.7. The van der Waals surface area contributed by atoms with Crippen molar-refractivity contribution in [3.8, 4) is 39.5 Å². The molecule has 4 aromatic heterocycles. The molecule has 0 fully saturated rings. The van der Waals surface area contributed by atoms with Gasteiger partial charge >= 0.3 is 0 Å². The number of fused-ring (bicyclic) bond motifs is 9. The summed E-state index contributed by atoms with van der Waals surface area (Å²) in [7, 11) is 0. The van der Waals surface area contributed by atoms with Crippen LogP contribution in [0, 0.1) is 12.1 Å². The zero-order valence-electron chi connectivity index (χ0n) is 39.3. The summed E-state index contributed by atoms with van der Waals surface area (Å²) >= 11 is 0. The van der Waals surface area contributed by atoms with Crippen molar-refractivity contribution in [1.82, 2.24) is 14.5 Å². The van der Waals surface area contributed by atoms with Gasteiger partial charge in [-0.05, 0) is 92.5 Å². The van der Waals surface area contributed by atoms with Crippen molar-refractivity contribution in [2.45, 2.75) is 65.7 Å². The number of nitrogens with zero attached hydrogens (tertiary/aromatic N) is 3. The molecule has 0 bridgehead atoms. The molecular weight excluding hydrogens is 1010 g/mol. The summed E-state index contributed by atoms with van der Waals surface area (Å²) < 4.78 is 15.6. The molecule has 12 rings (SSSR count). The molecule has 4 heterocycles. The summed E-state index contributed by atoms with van der Waals surface area (Å²) in [6.45, 7) is 15.7. The Balaban J connectivity index is 0.000000270. The first-order valence-corrected chi connectivity index (χ1v) is 23.3. The van der Waals surface area contributed by atoms with E-state index in [1.807, 2.05) is 54.7 Å². The molecule has 0 N–H and O–H groups in total. The fraction of sp³-hybridized carbons (Fsp3) is 0.161. The number of benzene rings is 8. The zero-order valence-corrected chi connectivity index (χ0v) is 41.7. The minimum atomic E-state index is 0. The van der Waals surface area contributed by atoms with Crippen LogP contribution in [-0.2, 0) is 25.5 Å². The number of para-hydroxylation sites is 1. The van der Waals surface area contributed by atoms with E-state index in [1.165, 1.54) is 38.9 Å². The Morgan fingerprint density at radius 1 is 0.559 bits per heavy atom. The van der Waals surface area contributed by atoms with Gasteiger partial charge in [0.25, 0.3) is 0 Å². The molecule has 0 amide bonds. The van der Waals surface area contributed by atoms with Crippen LogP contribution in [-0.4, -0.2) is 14.5 Å². The largest absolute Gasteiger partial charge is 0.501 e. The van der Waals surface area contributed by atoms with Gasteiger partial charge in [0.1, 0.15) is 16.7 Å². The van der Waals surface area contributed by atoms with Crippen molar-refractivity contribution >= 4 is 65.7 Å². The van der Waals surface area contributed by atoms with E-state index in [0.29, 0.717) is 0 Å². The van der Waals surface area contributed by atoms with Crippen LogP contribution in [0.3, 0.4) is 0 Å². The standard InChI is InChI=1S/C47H35N2O2.C15H16N.Ir/c1-27(2)36-23-31(29-13-6-5-7-14-29)24-37(28(3)4)44(36)49-45-32-16-9-8-15-30(32)21-22-40(45)48-47(49)35-19-12-18-34-39-26-42-38(25-43(39)51-46(34)35)33-17-10-11-20-41(33)50-42;1-15(2,3)13-9-10-14(16-11-13)12-7-5-4-6-8-12;/h5-18,20-28H,1-4H3;4-7,9-11H,1-3H3;/q2*-1;. The van der Waals surface area contributed by atoms with Crippen LogP contribution in [0.25, 0.3) is 105 Å². The summed E-state index contributed by atoms with van der Waals surface area (Å²) in [5.74, 6) is 1.31. The third-order valence-electron chi connectivity index (χ3n) is 13.1. The predicted molar refractivity (Wildman–Crippen MR) is 278 cm³/mol. The normalized spacial score (nSPS) is 11.9. The van der Waals surface area contributed by atoms with Crippen molar-refractivity contribution < 1.29 is 28.9 Å². The van der Waals surface area contributed by atoms with Crippen molar-refractivity contribution in [3.05, 3.63) is 199 Å². The molecule has 5 nitrogen and oxygen atoms in total. The maximum Gasteiger partial charge on any atom is 0.136 e. The second kappa shape index (κ2) is 17.8. The fourth-order valence-corrected chi connectivity index (χ4v) is 9.51. The van der Waals surface area contributed by atoms with Crippen LogP contribution >= 0.6 is 0 Å². The van der Waals surface area contributed by atoms with E-state index in [1.54, 1.807) is 0 Å². The summed E-state index contributed by atoms with van der Waals surface area (Å²) in [6.07, 6.45) is 1.95. The summed E-state index contributed by atoms with van der Waals surface area (Å²) in [5, 5.41) is 6.49. The molecular formula is C62H51IrN3O2-2. The van der Waals surface area contributed by atoms with Gasteiger partial charge in [-0.15, -0.1) is 54.1 Å². The third kappa shape index (κ3) is 7.92. The molecule has 68 heavy (non-hydrogen) atoms. The maximum absolute atomic E-state index is 6.84. The van der Waals surface area contributed by atoms with Gasteiger partial charge in [-0.2, -0.15) is 0 Å². The molecule has 1 radical (unpaired) electrons. The van der Waals surface area contributed by atoms with Crippen LogP contribution < -0.4 is 0 Å². The number of furan rings is 2. The van der Waals surface area contributed by atoms with Crippen molar-refractivity contribution in [2.24, 2.45) is 0 Å². The predicted octanol–water partition coefficient (Wildman–Crippen LogP) is 17.2. The van der Waals surface area contributed by atoms with E-state index in [9.17, 15) is 0 Å². The van der Waals surface area contributed by atoms with Crippen LogP contribution in [0.4, 0.5) is 0 Å². The molecule has 8 aromatic carbocycles. The van der Waals surface area contributed by atoms with Crippen LogP contribution in [0.2, 0.25) is 0 Å². The van der Waals surface area contributed by atoms with Crippen LogP contribution in [0.1, 0.15) is 77.0 Å². The first-order chi connectivity index (χ1) is 32.5. The van der Waals surface area contributed by atoms with Gasteiger partial charge in [0.2, 0.25) is 0 Å². The van der Waals surface area contributed by atoms with Gasteiger partial charge in [0.05, 0.1) is 22.4 Å². The first kappa shape index (κ1) is 44.7. The quantitative estimate of drug-likeness (QED) is 0.156.